The highest BCUT2D eigenvalue weighted by molar-refractivity contribution is 7.86. The van der Waals surface area contributed by atoms with Gasteiger partial charge in [0.05, 0.1) is 21.5 Å². The molecule has 3 aliphatic heterocycles. The molecule has 2 saturated heterocycles. The zero-order valence-electron chi connectivity index (χ0n) is 28.1. The summed E-state index contributed by atoms with van der Waals surface area (Å²) in [7, 11) is -1.78. The zero-order chi connectivity index (χ0) is 36.4. The number of non-ortho nitro benzene ring substituents is 1. The van der Waals surface area contributed by atoms with Gasteiger partial charge in [-0.3, -0.25) is 28.8 Å². The lowest BCUT2D eigenvalue weighted by atomic mass is 10.00. The normalized spacial score (nSPS) is 21.0. The molecule has 3 heterocycles. The summed E-state index contributed by atoms with van der Waals surface area (Å²) in [6, 6.07) is 22.9. The maximum Gasteiger partial charge on any atom is 0.408 e. The molecule has 0 spiro atoms. The molecule has 3 aromatic rings. The van der Waals surface area contributed by atoms with Crippen LogP contribution in [0.1, 0.15) is 50.0 Å². The van der Waals surface area contributed by atoms with Gasteiger partial charge in [0.15, 0.2) is 6.10 Å². The first kappa shape index (κ1) is 35.2. The number of rotatable bonds is 9. The molecule has 1 N–H and O–H groups in total. The van der Waals surface area contributed by atoms with Crippen LogP contribution >= 0.6 is 0 Å². The number of nitro groups is 1. The van der Waals surface area contributed by atoms with Crippen LogP contribution in [-0.4, -0.2) is 72.1 Å². The highest BCUT2D eigenvalue weighted by Crippen LogP contribution is 2.38. The van der Waals surface area contributed by atoms with Crippen LogP contribution in [0.25, 0.3) is 0 Å². The highest BCUT2D eigenvalue weighted by atomic mass is 32.2. The lowest BCUT2D eigenvalue weighted by Crippen LogP contribution is -2.73. The van der Waals surface area contributed by atoms with Crippen LogP contribution in [0.3, 0.4) is 0 Å². The van der Waals surface area contributed by atoms with E-state index in [1.54, 1.807) is 37.8 Å². The van der Waals surface area contributed by atoms with Crippen LogP contribution in [0.5, 0.6) is 0 Å². The van der Waals surface area contributed by atoms with E-state index in [9.17, 15) is 33.5 Å². The van der Waals surface area contributed by atoms with Gasteiger partial charge in [0, 0.05) is 30.8 Å². The van der Waals surface area contributed by atoms with Gasteiger partial charge in [-0.15, -0.1) is 0 Å². The second kappa shape index (κ2) is 14.3. The molecule has 3 amide bonds. The Labute approximate surface area is 296 Å². The third-order valence-corrected chi connectivity index (χ3v) is 10.1. The van der Waals surface area contributed by atoms with E-state index in [2.05, 4.69) is 5.32 Å². The first-order valence-electron chi connectivity index (χ1n) is 16.3. The smallest absolute Gasteiger partial charge is 0.408 e. The van der Waals surface area contributed by atoms with E-state index in [4.69, 9.17) is 9.47 Å². The van der Waals surface area contributed by atoms with Gasteiger partial charge in [-0.25, -0.2) is 9.59 Å². The zero-order valence-corrected chi connectivity index (χ0v) is 29.0. The Morgan fingerprint density at radius 1 is 1.00 bits per heavy atom. The van der Waals surface area contributed by atoms with E-state index >= 15 is 0 Å². The second-order valence-electron chi connectivity index (χ2n) is 13.3. The number of nitro benzene ring substituents is 1. The molecule has 0 aliphatic carbocycles. The maximum absolute atomic E-state index is 14.3. The number of ether oxygens (including phenoxy) is 2. The van der Waals surface area contributed by atoms with Crippen molar-refractivity contribution in [1.82, 2.24) is 15.1 Å². The van der Waals surface area contributed by atoms with E-state index in [-0.39, 0.29) is 35.2 Å². The number of allylic oxidation sites excluding steroid dienone is 1. The van der Waals surface area contributed by atoms with Crippen molar-refractivity contribution in [2.45, 2.75) is 56.9 Å². The summed E-state index contributed by atoms with van der Waals surface area (Å²) in [4.78, 5) is 67.4. The second-order valence-corrected chi connectivity index (χ2v) is 14.8. The Balaban J connectivity index is 1.33. The standard InChI is InChI=1S/C37H36N4O9S/c1-37(2,3)50-36(45)38-29-33(43)40-30(35(44)49-31(24-10-6-4-7-11-24)25-12-8-5-9-13-25)27(22-51(48)34(29)40)20-26-18-19-39(32(26)42)21-23-14-16-28(17-15-23)41(46)47/h4-17,20,29,31,34H,18-19,21-22H2,1-3H3,(H,38,45)/t29-,34-,51+/m1/s1. The minimum absolute atomic E-state index is 0.0621. The van der Waals surface area contributed by atoms with Crippen molar-refractivity contribution in [3.8, 4) is 0 Å². The minimum atomic E-state index is -1.78. The largest absolute Gasteiger partial charge is 0.448 e. The van der Waals surface area contributed by atoms with E-state index in [0.29, 0.717) is 35.2 Å². The Morgan fingerprint density at radius 3 is 2.18 bits per heavy atom. The van der Waals surface area contributed by atoms with Crippen molar-refractivity contribution in [2.24, 2.45) is 0 Å². The first-order chi connectivity index (χ1) is 24.3. The molecule has 0 saturated carbocycles. The minimum Gasteiger partial charge on any atom is -0.448 e. The molecule has 0 bridgehead atoms. The number of β-lactam (4-membered cyclic amide) rings is 1. The Morgan fingerprint density at radius 2 is 1.61 bits per heavy atom. The van der Waals surface area contributed by atoms with E-state index in [1.165, 1.54) is 18.2 Å². The topological polar surface area (TPSA) is 165 Å². The number of nitrogens with one attached hydrogen (secondary N) is 1. The van der Waals surface area contributed by atoms with E-state index < -0.39 is 56.8 Å². The predicted molar refractivity (Wildman–Crippen MR) is 186 cm³/mol. The van der Waals surface area contributed by atoms with Crippen molar-refractivity contribution in [2.75, 3.05) is 12.3 Å². The van der Waals surface area contributed by atoms with Crippen LogP contribution in [0.4, 0.5) is 10.5 Å². The van der Waals surface area contributed by atoms with Crippen LogP contribution in [0, 0.1) is 10.1 Å². The molecular formula is C37H36N4O9S. The number of benzene rings is 3. The number of alkyl carbamates (subject to hydrolysis) is 1. The molecule has 13 nitrogen and oxygen atoms in total. The molecule has 264 valence electrons. The molecule has 3 aliphatic rings. The lowest BCUT2D eigenvalue weighted by Gasteiger charge is -2.49. The number of amides is 3. The maximum atomic E-state index is 14.3. The van der Waals surface area contributed by atoms with Crippen molar-refractivity contribution < 1.29 is 37.8 Å². The molecule has 0 radical (unpaired) electrons. The fraction of sp³-hybridized carbons (Fsp3) is 0.297. The Hall–Kier alpha value is -5.63. The van der Waals surface area contributed by atoms with Crippen LogP contribution in [0.2, 0.25) is 0 Å². The van der Waals surface area contributed by atoms with Gasteiger partial charge in [-0.2, -0.15) is 0 Å². The summed E-state index contributed by atoms with van der Waals surface area (Å²) in [5.74, 6) is -2.05. The molecule has 51 heavy (non-hydrogen) atoms. The summed E-state index contributed by atoms with van der Waals surface area (Å²) in [5, 5.41) is 12.5. The number of nitrogens with zero attached hydrogens (tertiary/aromatic N) is 3. The quantitative estimate of drug-likeness (QED) is 0.109. The molecule has 0 aromatic heterocycles. The number of carbonyl (C=O) groups is 4. The van der Waals surface area contributed by atoms with Crippen LogP contribution < -0.4 is 5.32 Å². The molecule has 0 unspecified atom stereocenters. The van der Waals surface area contributed by atoms with Crippen molar-refractivity contribution in [3.63, 3.8) is 0 Å². The molecule has 3 atom stereocenters. The molecular weight excluding hydrogens is 676 g/mol. The third kappa shape index (κ3) is 7.60. The Bertz CT molecular complexity index is 1920. The number of likely N-dealkylation sites (tertiary alicyclic amines) is 1. The monoisotopic (exact) mass is 712 g/mol. The van der Waals surface area contributed by atoms with Gasteiger partial charge in [0.2, 0.25) is 5.91 Å². The van der Waals surface area contributed by atoms with E-state index in [0.717, 1.165) is 4.90 Å². The average molecular weight is 713 g/mol. The molecule has 14 heteroatoms. The van der Waals surface area contributed by atoms with E-state index in [1.807, 2.05) is 60.7 Å². The van der Waals surface area contributed by atoms with Crippen molar-refractivity contribution in [3.05, 3.63) is 135 Å². The van der Waals surface area contributed by atoms with Crippen LogP contribution in [0.15, 0.2) is 108 Å². The molecule has 6 rings (SSSR count). The fourth-order valence-electron chi connectivity index (χ4n) is 6.19. The van der Waals surface area contributed by atoms with Crippen molar-refractivity contribution in [1.29, 1.82) is 0 Å². The summed E-state index contributed by atoms with van der Waals surface area (Å²) in [6.45, 7) is 5.56. The van der Waals surface area contributed by atoms with Crippen molar-refractivity contribution >= 4 is 40.4 Å². The summed E-state index contributed by atoms with van der Waals surface area (Å²) < 4.78 is 25.2. The van der Waals surface area contributed by atoms with Gasteiger partial charge < -0.3 is 19.7 Å². The number of fused-ring (bicyclic) bond motifs is 1. The molecule has 2 fully saturated rings. The predicted octanol–water partition coefficient (Wildman–Crippen LogP) is 4.66. The lowest BCUT2D eigenvalue weighted by molar-refractivity contribution is -0.384. The van der Waals surface area contributed by atoms with Crippen LogP contribution in [-0.2, 0) is 41.2 Å². The SMILES string of the molecule is CC(C)(C)OC(=O)N[C@@H]1C(=O)N2C(C(=O)OC(c3ccccc3)c3ccccc3)=C(C=C3CCN(Cc4ccc([N+](=O)[O-])cc4)C3=O)C[S@](=O)[C@H]12. The van der Waals surface area contributed by atoms with Gasteiger partial charge in [0.25, 0.3) is 11.6 Å². The fourth-order valence-corrected chi connectivity index (χ4v) is 7.82. The van der Waals surface area contributed by atoms with Gasteiger partial charge >= 0.3 is 12.1 Å². The summed E-state index contributed by atoms with van der Waals surface area (Å²) in [5.41, 5.74) is 1.53. The van der Waals surface area contributed by atoms with Gasteiger partial charge in [-0.1, -0.05) is 72.8 Å². The number of carbonyl (C=O) groups excluding carboxylic acids is 4. The highest BCUT2D eigenvalue weighted by Gasteiger charge is 2.58. The number of esters is 1. The first-order valence-corrected chi connectivity index (χ1v) is 17.7. The summed E-state index contributed by atoms with van der Waals surface area (Å²) in [6.07, 6.45) is 0.0901. The number of hydrogen-bond donors (Lipinski definition) is 1. The third-order valence-electron chi connectivity index (χ3n) is 8.53. The Kier molecular flexibility index (Phi) is 9.88. The van der Waals surface area contributed by atoms with Gasteiger partial charge in [-0.05, 0) is 55.5 Å². The summed E-state index contributed by atoms with van der Waals surface area (Å²) >= 11 is 0. The average Bonchev–Trinajstić information content (AvgIpc) is 3.43. The molecule has 3 aromatic carbocycles. The van der Waals surface area contributed by atoms with Gasteiger partial charge in [0.1, 0.15) is 22.7 Å². The number of hydrogen-bond acceptors (Lipinski definition) is 9.